The van der Waals surface area contributed by atoms with Crippen LogP contribution in [0.1, 0.15) is 290 Å². The van der Waals surface area contributed by atoms with Gasteiger partial charge in [-0.3, -0.25) is 9.59 Å². The number of amides is 1. The molecular formula is C69H123NO10. The molecule has 1 aliphatic rings. The van der Waals surface area contributed by atoms with E-state index < -0.39 is 49.5 Å². The Bertz CT molecular complexity index is 1560. The molecule has 11 nitrogen and oxygen atoms in total. The smallest absolute Gasteiger partial charge is 0.305 e. The predicted molar refractivity (Wildman–Crippen MR) is 333 cm³/mol. The molecule has 6 N–H and O–H groups in total. The summed E-state index contributed by atoms with van der Waals surface area (Å²) in [6.07, 6.45) is 67.6. The molecule has 0 spiro atoms. The fraction of sp³-hybridized carbons (Fsp3) is 0.797. The number of allylic oxidation sites excluding steroid dienone is 11. The highest BCUT2D eigenvalue weighted by molar-refractivity contribution is 5.76. The van der Waals surface area contributed by atoms with Crippen molar-refractivity contribution in [1.29, 1.82) is 0 Å². The van der Waals surface area contributed by atoms with E-state index in [1.807, 2.05) is 6.08 Å². The number of rotatable bonds is 57. The quantitative estimate of drug-likeness (QED) is 0.0195. The van der Waals surface area contributed by atoms with E-state index in [0.717, 1.165) is 77.0 Å². The minimum absolute atomic E-state index is 0.00720. The van der Waals surface area contributed by atoms with Gasteiger partial charge in [-0.05, 0) is 109 Å². The van der Waals surface area contributed by atoms with Gasteiger partial charge in [-0.15, -0.1) is 0 Å². The first-order chi connectivity index (χ1) is 39.2. The van der Waals surface area contributed by atoms with Crippen LogP contribution in [-0.2, 0) is 23.8 Å². The van der Waals surface area contributed by atoms with E-state index in [9.17, 15) is 35.1 Å². The summed E-state index contributed by atoms with van der Waals surface area (Å²) in [5.41, 5.74) is 0. The molecule has 7 unspecified atom stereocenters. The third kappa shape index (κ3) is 46.6. The second-order valence-corrected chi connectivity index (χ2v) is 22.8. The molecule has 1 aliphatic heterocycles. The minimum Gasteiger partial charge on any atom is -0.466 e. The van der Waals surface area contributed by atoms with Crippen LogP contribution >= 0.6 is 0 Å². The SMILES string of the molecule is CC/C=C/CC/C=C/CC/C=C/C(O)C(COC1OC(CO)C(O)C(O)C1O)NC(=O)CCCCCCCCCCCCCCC/C=C\C/C=C\CCCCCCCCCCCOC(=O)CCCCCCC/C=C\CCCCCC. The molecule has 1 fully saturated rings. The number of aliphatic hydroxyl groups excluding tert-OH is 5. The van der Waals surface area contributed by atoms with Crippen LogP contribution in [-0.4, -0.2) is 100 Å². The minimum atomic E-state index is -1.58. The molecule has 0 aromatic heterocycles. The van der Waals surface area contributed by atoms with Gasteiger partial charge in [0, 0.05) is 12.8 Å². The van der Waals surface area contributed by atoms with E-state index in [2.05, 4.69) is 79.9 Å². The van der Waals surface area contributed by atoms with Crippen molar-refractivity contribution < 1.29 is 49.3 Å². The fourth-order valence-corrected chi connectivity index (χ4v) is 10.0. The highest BCUT2D eigenvalue weighted by atomic mass is 16.7. The molecule has 0 aromatic carbocycles. The van der Waals surface area contributed by atoms with Crippen molar-refractivity contribution in [2.75, 3.05) is 19.8 Å². The maximum absolute atomic E-state index is 13.0. The first-order valence-electron chi connectivity index (χ1n) is 33.2. The molecule has 7 atom stereocenters. The van der Waals surface area contributed by atoms with Crippen molar-refractivity contribution in [3.8, 4) is 0 Å². The standard InChI is InChI=1S/C69H123NO10/c1-3-5-7-9-11-13-15-33-37-41-45-49-53-57-65(74)78-58-54-50-46-42-38-35-32-30-28-26-24-22-20-18-16-17-19-21-23-25-27-29-31-34-36-40-44-48-52-56-64(73)70-61(60-79-69-68(77)67(76)66(75)63(59-71)80-69)62(72)55-51-47-43-39-14-12-10-8-6-4-2/h6,8,13-16,18,22,24,39,51,55,61-63,66-69,71-72,75-77H,3-5,7,9-12,17,19-21,23,25-38,40-50,52-54,56-60H2,1-2H3,(H,70,73)/b8-6+,15-13-,18-16-,24-22-,39-14+,55-51+. The molecule has 0 aliphatic carbocycles. The lowest BCUT2D eigenvalue weighted by molar-refractivity contribution is -0.302. The Kier molecular flexibility index (Phi) is 54.4. The fourth-order valence-electron chi connectivity index (χ4n) is 10.0. The van der Waals surface area contributed by atoms with Crippen molar-refractivity contribution in [3.05, 3.63) is 72.9 Å². The van der Waals surface area contributed by atoms with Crippen LogP contribution in [0.5, 0.6) is 0 Å². The number of hydrogen-bond donors (Lipinski definition) is 6. The summed E-state index contributed by atoms with van der Waals surface area (Å²) in [7, 11) is 0. The Morgan fingerprint density at radius 2 is 0.887 bits per heavy atom. The van der Waals surface area contributed by atoms with Gasteiger partial charge in [0.05, 0.1) is 32.0 Å². The molecule has 0 saturated carbocycles. The Hall–Kier alpha value is -2.90. The Labute approximate surface area is 490 Å². The number of carbonyl (C=O) groups is 2. The van der Waals surface area contributed by atoms with Crippen molar-refractivity contribution in [2.45, 2.75) is 333 Å². The first-order valence-corrected chi connectivity index (χ1v) is 33.2. The number of esters is 1. The summed E-state index contributed by atoms with van der Waals surface area (Å²) in [4.78, 5) is 25.0. The monoisotopic (exact) mass is 1130 g/mol. The average Bonchev–Trinajstić information content (AvgIpc) is 3.47. The summed E-state index contributed by atoms with van der Waals surface area (Å²) < 4.78 is 16.7. The molecular weight excluding hydrogens is 1000 g/mol. The number of nitrogens with one attached hydrogen (secondary N) is 1. The van der Waals surface area contributed by atoms with E-state index in [1.54, 1.807) is 6.08 Å². The predicted octanol–water partition coefficient (Wildman–Crippen LogP) is 16.3. The lowest BCUT2D eigenvalue weighted by Gasteiger charge is -2.40. The number of aliphatic hydroxyl groups is 5. The van der Waals surface area contributed by atoms with Gasteiger partial charge < -0.3 is 45.1 Å². The second kappa shape index (κ2) is 57.9. The molecule has 1 saturated heterocycles. The van der Waals surface area contributed by atoms with Gasteiger partial charge in [0.2, 0.25) is 5.91 Å². The van der Waals surface area contributed by atoms with Crippen LogP contribution in [0.2, 0.25) is 0 Å². The van der Waals surface area contributed by atoms with Gasteiger partial charge in [-0.25, -0.2) is 0 Å². The van der Waals surface area contributed by atoms with Crippen LogP contribution in [0.4, 0.5) is 0 Å². The maximum Gasteiger partial charge on any atom is 0.305 e. The molecule has 1 heterocycles. The molecule has 1 rings (SSSR count). The summed E-state index contributed by atoms with van der Waals surface area (Å²) in [5, 5.41) is 54.2. The van der Waals surface area contributed by atoms with Gasteiger partial charge in [0.1, 0.15) is 24.4 Å². The second-order valence-electron chi connectivity index (χ2n) is 22.8. The van der Waals surface area contributed by atoms with Crippen molar-refractivity contribution >= 4 is 11.9 Å². The lowest BCUT2D eigenvalue weighted by Crippen LogP contribution is -2.60. The number of carbonyl (C=O) groups excluding carboxylic acids is 2. The van der Waals surface area contributed by atoms with Crippen molar-refractivity contribution in [3.63, 3.8) is 0 Å². The zero-order valence-corrected chi connectivity index (χ0v) is 51.3. The van der Waals surface area contributed by atoms with Gasteiger partial charge in [-0.2, -0.15) is 0 Å². The van der Waals surface area contributed by atoms with Gasteiger partial charge >= 0.3 is 5.97 Å². The summed E-state index contributed by atoms with van der Waals surface area (Å²) in [6, 6.07) is -0.836. The molecule has 1 amide bonds. The van der Waals surface area contributed by atoms with Crippen LogP contribution < -0.4 is 5.32 Å². The summed E-state index contributed by atoms with van der Waals surface area (Å²) in [6.45, 7) is 4.18. The van der Waals surface area contributed by atoms with Crippen molar-refractivity contribution in [2.24, 2.45) is 0 Å². The van der Waals surface area contributed by atoms with Gasteiger partial charge in [0.15, 0.2) is 6.29 Å². The maximum atomic E-state index is 13.0. The lowest BCUT2D eigenvalue weighted by atomic mass is 9.99. The molecule has 0 aromatic rings. The van der Waals surface area contributed by atoms with Crippen LogP contribution in [0, 0.1) is 0 Å². The summed E-state index contributed by atoms with van der Waals surface area (Å²) in [5.74, 6) is -0.208. The van der Waals surface area contributed by atoms with E-state index in [4.69, 9.17) is 14.2 Å². The number of unbranched alkanes of at least 4 members (excludes halogenated alkanes) is 33. The first kappa shape index (κ1) is 75.1. The van der Waals surface area contributed by atoms with E-state index in [-0.39, 0.29) is 18.5 Å². The normalized spacial score (nSPS) is 18.8. The van der Waals surface area contributed by atoms with Crippen LogP contribution in [0.15, 0.2) is 72.9 Å². The zero-order valence-electron chi connectivity index (χ0n) is 51.3. The third-order valence-electron chi connectivity index (χ3n) is 15.3. The van der Waals surface area contributed by atoms with E-state index >= 15 is 0 Å². The van der Waals surface area contributed by atoms with Gasteiger partial charge in [0.25, 0.3) is 0 Å². The molecule has 11 heteroatoms. The molecule has 0 radical (unpaired) electrons. The van der Waals surface area contributed by atoms with E-state index in [1.165, 1.54) is 186 Å². The highest BCUT2D eigenvalue weighted by Crippen LogP contribution is 2.23. The molecule has 464 valence electrons. The Balaban J connectivity index is 1.98. The average molecular weight is 1130 g/mol. The molecule has 80 heavy (non-hydrogen) atoms. The van der Waals surface area contributed by atoms with Crippen LogP contribution in [0.25, 0.3) is 0 Å². The Morgan fingerprint density at radius 1 is 0.475 bits per heavy atom. The van der Waals surface area contributed by atoms with Crippen molar-refractivity contribution in [1.82, 2.24) is 5.32 Å². The highest BCUT2D eigenvalue weighted by Gasteiger charge is 2.44. The third-order valence-corrected chi connectivity index (χ3v) is 15.3. The zero-order chi connectivity index (χ0) is 58.0. The Morgan fingerprint density at radius 3 is 1.38 bits per heavy atom. The largest absolute Gasteiger partial charge is 0.466 e. The van der Waals surface area contributed by atoms with Gasteiger partial charge in [-0.1, -0.05) is 241 Å². The van der Waals surface area contributed by atoms with Crippen LogP contribution in [0.3, 0.4) is 0 Å². The molecule has 0 bridgehead atoms. The topological polar surface area (TPSA) is 175 Å². The summed E-state index contributed by atoms with van der Waals surface area (Å²) >= 11 is 0. The number of ether oxygens (including phenoxy) is 3. The number of hydrogen-bond acceptors (Lipinski definition) is 10. The van der Waals surface area contributed by atoms with E-state index in [0.29, 0.717) is 19.4 Å².